The fourth-order valence-electron chi connectivity index (χ4n) is 1.55. The van der Waals surface area contributed by atoms with E-state index in [-0.39, 0.29) is 6.10 Å². The van der Waals surface area contributed by atoms with E-state index in [9.17, 15) is 0 Å². The molecule has 0 saturated carbocycles. The van der Waals surface area contributed by atoms with E-state index in [0.29, 0.717) is 0 Å². The molecule has 0 saturated heterocycles. The lowest BCUT2D eigenvalue weighted by atomic mass is 9.91. The van der Waals surface area contributed by atoms with Gasteiger partial charge >= 0.3 is 0 Å². The lowest BCUT2D eigenvalue weighted by molar-refractivity contribution is 0.139. The van der Waals surface area contributed by atoms with E-state index < -0.39 is 0 Å². The standard InChI is InChI=1S/C11H14O/c1-5-11-8(2)6-10(12-4)7-9(11)3/h1,6,10H,7H2,2-4H3. The summed E-state index contributed by atoms with van der Waals surface area (Å²) in [5.41, 5.74) is 3.46. The summed E-state index contributed by atoms with van der Waals surface area (Å²) in [5, 5.41) is 0. The fraction of sp³-hybridized carbons (Fsp3) is 0.455. The summed E-state index contributed by atoms with van der Waals surface area (Å²) in [6.07, 6.45) is 8.60. The average molecular weight is 162 g/mol. The number of rotatable bonds is 1. The molecule has 0 bridgehead atoms. The second kappa shape index (κ2) is 3.60. The molecular formula is C11H14O. The lowest BCUT2D eigenvalue weighted by Crippen LogP contribution is -2.13. The molecule has 1 atom stereocenters. The molecule has 64 valence electrons. The van der Waals surface area contributed by atoms with Gasteiger partial charge in [0.1, 0.15) is 0 Å². The van der Waals surface area contributed by atoms with E-state index in [1.165, 1.54) is 5.57 Å². The molecule has 0 radical (unpaired) electrons. The van der Waals surface area contributed by atoms with Crippen LogP contribution >= 0.6 is 0 Å². The number of ether oxygens (including phenoxy) is 1. The minimum Gasteiger partial charge on any atom is -0.377 e. The van der Waals surface area contributed by atoms with Crippen LogP contribution in [-0.4, -0.2) is 13.2 Å². The Morgan fingerprint density at radius 2 is 2.25 bits per heavy atom. The Morgan fingerprint density at radius 3 is 2.67 bits per heavy atom. The van der Waals surface area contributed by atoms with Crippen molar-refractivity contribution in [1.29, 1.82) is 0 Å². The molecule has 1 unspecified atom stereocenters. The molecule has 1 aliphatic rings. The molecule has 0 N–H and O–H groups in total. The fourth-order valence-corrected chi connectivity index (χ4v) is 1.55. The summed E-state index contributed by atoms with van der Waals surface area (Å²) >= 11 is 0. The summed E-state index contributed by atoms with van der Waals surface area (Å²) in [6, 6.07) is 0. The second-order valence-electron chi connectivity index (χ2n) is 3.13. The Hall–Kier alpha value is -1.00. The summed E-state index contributed by atoms with van der Waals surface area (Å²) < 4.78 is 5.25. The van der Waals surface area contributed by atoms with Crippen LogP contribution in [0.2, 0.25) is 0 Å². The number of methoxy groups -OCH3 is 1. The maximum atomic E-state index is 5.38. The molecule has 1 nitrogen and oxygen atoms in total. The highest BCUT2D eigenvalue weighted by Gasteiger charge is 2.15. The van der Waals surface area contributed by atoms with Crippen LogP contribution in [0.1, 0.15) is 20.3 Å². The maximum Gasteiger partial charge on any atom is 0.0795 e. The van der Waals surface area contributed by atoms with Gasteiger partial charge in [-0.15, -0.1) is 6.42 Å². The Bertz CT molecular complexity index is 276. The minimum absolute atomic E-state index is 0.210. The van der Waals surface area contributed by atoms with Crippen molar-refractivity contribution in [2.45, 2.75) is 26.4 Å². The highest BCUT2D eigenvalue weighted by Crippen LogP contribution is 2.25. The first kappa shape index (κ1) is 9.09. The summed E-state index contributed by atoms with van der Waals surface area (Å²) in [7, 11) is 1.72. The normalized spacial score (nSPS) is 23.5. The predicted octanol–water partition coefficient (Wildman–Crippen LogP) is 2.30. The third-order valence-electron chi connectivity index (χ3n) is 2.21. The quantitative estimate of drug-likeness (QED) is 0.537. The van der Waals surface area contributed by atoms with Crippen LogP contribution in [0.5, 0.6) is 0 Å². The van der Waals surface area contributed by atoms with Crippen LogP contribution < -0.4 is 0 Å². The Kier molecular flexibility index (Phi) is 2.73. The first-order valence-electron chi connectivity index (χ1n) is 4.07. The molecule has 0 amide bonds. The van der Waals surface area contributed by atoms with Gasteiger partial charge in [-0.05, 0) is 25.8 Å². The van der Waals surface area contributed by atoms with Crippen LogP contribution in [0.3, 0.4) is 0 Å². The van der Waals surface area contributed by atoms with Gasteiger partial charge in [0.25, 0.3) is 0 Å². The molecule has 0 spiro atoms. The molecule has 1 aliphatic carbocycles. The van der Waals surface area contributed by atoms with Gasteiger partial charge < -0.3 is 4.74 Å². The topological polar surface area (TPSA) is 9.23 Å². The highest BCUT2D eigenvalue weighted by atomic mass is 16.5. The Labute approximate surface area is 74.1 Å². The van der Waals surface area contributed by atoms with E-state index in [1.807, 2.05) is 6.92 Å². The molecule has 0 aromatic rings. The Balaban J connectivity index is 2.94. The van der Waals surface area contributed by atoms with Crippen molar-refractivity contribution in [3.8, 4) is 12.3 Å². The van der Waals surface area contributed by atoms with E-state index in [4.69, 9.17) is 11.2 Å². The predicted molar refractivity (Wildman–Crippen MR) is 50.7 cm³/mol. The lowest BCUT2D eigenvalue weighted by Gasteiger charge is -2.20. The number of hydrogen-bond acceptors (Lipinski definition) is 1. The van der Waals surface area contributed by atoms with Gasteiger partial charge in [-0.3, -0.25) is 0 Å². The first-order chi connectivity index (χ1) is 5.69. The van der Waals surface area contributed by atoms with Gasteiger partial charge in [0.2, 0.25) is 0 Å². The molecule has 0 heterocycles. The third kappa shape index (κ3) is 1.60. The zero-order valence-corrected chi connectivity index (χ0v) is 7.85. The average Bonchev–Trinajstić information content (AvgIpc) is 2.03. The van der Waals surface area contributed by atoms with E-state index in [2.05, 4.69) is 18.9 Å². The largest absolute Gasteiger partial charge is 0.377 e. The van der Waals surface area contributed by atoms with Gasteiger partial charge in [0.15, 0.2) is 0 Å². The van der Waals surface area contributed by atoms with E-state index >= 15 is 0 Å². The van der Waals surface area contributed by atoms with E-state index in [0.717, 1.165) is 17.6 Å². The van der Waals surface area contributed by atoms with Gasteiger partial charge in [0.05, 0.1) is 6.10 Å². The van der Waals surface area contributed by atoms with Crippen molar-refractivity contribution >= 4 is 0 Å². The number of hydrogen-bond donors (Lipinski definition) is 0. The highest BCUT2D eigenvalue weighted by molar-refractivity contribution is 5.49. The van der Waals surface area contributed by atoms with Gasteiger partial charge in [0, 0.05) is 12.7 Å². The van der Waals surface area contributed by atoms with Crippen molar-refractivity contribution in [3.05, 3.63) is 22.8 Å². The van der Waals surface area contributed by atoms with Crippen LogP contribution in [-0.2, 0) is 4.74 Å². The number of terminal acetylenes is 1. The van der Waals surface area contributed by atoms with Gasteiger partial charge in [-0.2, -0.15) is 0 Å². The molecule has 0 aromatic carbocycles. The molecule has 0 aliphatic heterocycles. The van der Waals surface area contributed by atoms with Crippen LogP contribution in [0.25, 0.3) is 0 Å². The SMILES string of the molecule is C#CC1=C(C)CC(OC)C=C1C. The first-order valence-corrected chi connectivity index (χ1v) is 4.07. The van der Waals surface area contributed by atoms with Gasteiger partial charge in [-0.25, -0.2) is 0 Å². The summed E-state index contributed by atoms with van der Waals surface area (Å²) in [5.74, 6) is 2.70. The zero-order chi connectivity index (χ0) is 9.14. The van der Waals surface area contributed by atoms with Crippen LogP contribution in [0, 0.1) is 12.3 Å². The van der Waals surface area contributed by atoms with Crippen LogP contribution in [0.4, 0.5) is 0 Å². The smallest absolute Gasteiger partial charge is 0.0795 e. The van der Waals surface area contributed by atoms with Crippen molar-refractivity contribution < 1.29 is 4.74 Å². The van der Waals surface area contributed by atoms with Crippen LogP contribution in [0.15, 0.2) is 22.8 Å². The van der Waals surface area contributed by atoms with Crippen molar-refractivity contribution in [2.24, 2.45) is 0 Å². The Morgan fingerprint density at radius 1 is 1.58 bits per heavy atom. The van der Waals surface area contributed by atoms with Gasteiger partial charge in [-0.1, -0.05) is 17.6 Å². The van der Waals surface area contributed by atoms with Crippen molar-refractivity contribution in [2.75, 3.05) is 7.11 Å². The molecular weight excluding hydrogens is 148 g/mol. The van der Waals surface area contributed by atoms with Crippen molar-refractivity contribution in [3.63, 3.8) is 0 Å². The monoisotopic (exact) mass is 162 g/mol. The molecule has 12 heavy (non-hydrogen) atoms. The maximum absolute atomic E-state index is 5.38. The summed E-state index contributed by atoms with van der Waals surface area (Å²) in [6.45, 7) is 4.10. The molecule has 0 fully saturated rings. The zero-order valence-electron chi connectivity index (χ0n) is 7.85. The molecule has 0 aromatic heterocycles. The summed E-state index contributed by atoms with van der Waals surface area (Å²) in [4.78, 5) is 0. The number of allylic oxidation sites excluding steroid dienone is 2. The van der Waals surface area contributed by atoms with E-state index in [1.54, 1.807) is 7.11 Å². The molecule has 1 heteroatoms. The second-order valence-corrected chi connectivity index (χ2v) is 3.13. The minimum atomic E-state index is 0.210. The molecule has 1 rings (SSSR count). The third-order valence-corrected chi connectivity index (χ3v) is 2.21. The van der Waals surface area contributed by atoms with Crippen molar-refractivity contribution in [1.82, 2.24) is 0 Å².